The van der Waals surface area contributed by atoms with Crippen LogP contribution in [0.3, 0.4) is 0 Å². The zero-order chi connectivity index (χ0) is 10.4. The number of likely N-dealkylation sites (tertiary alicyclic amines) is 1. The molecule has 0 radical (unpaired) electrons. The average Bonchev–Trinajstić information content (AvgIpc) is 2.19. The van der Waals surface area contributed by atoms with Crippen LogP contribution in [0.1, 0.15) is 32.6 Å². The van der Waals surface area contributed by atoms with E-state index < -0.39 is 0 Å². The van der Waals surface area contributed by atoms with Gasteiger partial charge in [0.25, 0.3) is 0 Å². The minimum atomic E-state index is 0.339. The minimum absolute atomic E-state index is 0.339. The van der Waals surface area contributed by atoms with Gasteiger partial charge >= 0.3 is 0 Å². The monoisotopic (exact) mass is 195 g/mol. The van der Waals surface area contributed by atoms with E-state index in [1.165, 1.54) is 6.42 Å². The second-order valence-electron chi connectivity index (χ2n) is 4.16. The lowest BCUT2D eigenvalue weighted by atomic mass is 9.93. The zero-order valence-corrected chi connectivity index (χ0v) is 9.17. The molecule has 0 saturated carbocycles. The quantitative estimate of drug-likeness (QED) is 0.495. The van der Waals surface area contributed by atoms with Crippen molar-refractivity contribution >= 4 is 5.78 Å². The number of carbonyl (C=O) groups is 1. The number of hydrogen-bond donors (Lipinski definition) is 0. The van der Waals surface area contributed by atoms with Crippen molar-refractivity contribution in [2.24, 2.45) is 5.92 Å². The maximum atomic E-state index is 11.1. The fraction of sp³-hybridized carbons (Fsp3) is 0.750. The fourth-order valence-electron chi connectivity index (χ4n) is 2.02. The first kappa shape index (κ1) is 11.4. The van der Waals surface area contributed by atoms with E-state index >= 15 is 0 Å². The topological polar surface area (TPSA) is 20.3 Å². The summed E-state index contributed by atoms with van der Waals surface area (Å²) in [4.78, 5) is 13.6. The molecule has 1 heterocycles. The third-order valence-electron chi connectivity index (χ3n) is 3.05. The SMILES string of the molecule is C=CCCCN1CCC(C(C)=O)CC1. The number of ketones is 1. The Balaban J connectivity index is 2.15. The van der Waals surface area contributed by atoms with Crippen LogP contribution in [0.25, 0.3) is 0 Å². The Hall–Kier alpha value is -0.630. The smallest absolute Gasteiger partial charge is 0.133 e. The van der Waals surface area contributed by atoms with Crippen molar-refractivity contribution in [3.63, 3.8) is 0 Å². The van der Waals surface area contributed by atoms with E-state index in [0.717, 1.165) is 38.9 Å². The summed E-state index contributed by atoms with van der Waals surface area (Å²) < 4.78 is 0. The van der Waals surface area contributed by atoms with Crippen molar-refractivity contribution in [3.05, 3.63) is 12.7 Å². The highest BCUT2D eigenvalue weighted by Crippen LogP contribution is 2.18. The van der Waals surface area contributed by atoms with Gasteiger partial charge in [0.05, 0.1) is 0 Å². The van der Waals surface area contributed by atoms with Crippen LogP contribution < -0.4 is 0 Å². The molecule has 0 aromatic heterocycles. The maximum Gasteiger partial charge on any atom is 0.133 e. The normalized spacial score (nSPS) is 19.5. The van der Waals surface area contributed by atoms with Gasteiger partial charge in [-0.25, -0.2) is 0 Å². The Bertz CT molecular complexity index is 192. The van der Waals surface area contributed by atoms with E-state index in [1.54, 1.807) is 6.92 Å². The predicted molar refractivity (Wildman–Crippen MR) is 59.3 cm³/mol. The van der Waals surface area contributed by atoms with Crippen LogP contribution in [-0.2, 0) is 4.79 Å². The molecule has 80 valence electrons. The first-order valence-electron chi connectivity index (χ1n) is 5.57. The highest BCUT2D eigenvalue weighted by Gasteiger charge is 2.21. The van der Waals surface area contributed by atoms with Crippen molar-refractivity contribution in [2.45, 2.75) is 32.6 Å². The van der Waals surface area contributed by atoms with Crippen LogP contribution in [0.2, 0.25) is 0 Å². The van der Waals surface area contributed by atoms with Gasteiger partial charge in [0.15, 0.2) is 0 Å². The first-order valence-corrected chi connectivity index (χ1v) is 5.57. The highest BCUT2D eigenvalue weighted by atomic mass is 16.1. The predicted octanol–water partition coefficient (Wildman–Crippen LogP) is 2.25. The molecule has 1 fully saturated rings. The van der Waals surface area contributed by atoms with E-state index in [2.05, 4.69) is 11.5 Å². The van der Waals surface area contributed by atoms with Gasteiger partial charge in [-0.05, 0) is 52.2 Å². The second kappa shape index (κ2) is 5.97. The lowest BCUT2D eigenvalue weighted by Gasteiger charge is -2.30. The molecule has 0 amide bonds. The van der Waals surface area contributed by atoms with Crippen LogP contribution in [-0.4, -0.2) is 30.3 Å². The summed E-state index contributed by atoms with van der Waals surface area (Å²) in [6.45, 7) is 8.80. The molecular formula is C12H21NO. The van der Waals surface area contributed by atoms with Crippen molar-refractivity contribution in [1.82, 2.24) is 4.90 Å². The van der Waals surface area contributed by atoms with E-state index in [-0.39, 0.29) is 0 Å². The number of unbranched alkanes of at least 4 members (excludes halogenated alkanes) is 1. The molecule has 0 atom stereocenters. The Morgan fingerprint density at radius 2 is 2.14 bits per heavy atom. The van der Waals surface area contributed by atoms with Crippen molar-refractivity contribution < 1.29 is 4.79 Å². The van der Waals surface area contributed by atoms with Gasteiger partial charge in [-0.3, -0.25) is 4.79 Å². The lowest BCUT2D eigenvalue weighted by Crippen LogP contribution is -2.36. The largest absolute Gasteiger partial charge is 0.303 e. The summed E-state index contributed by atoms with van der Waals surface area (Å²) in [5, 5.41) is 0. The summed E-state index contributed by atoms with van der Waals surface area (Å²) in [6, 6.07) is 0. The van der Waals surface area contributed by atoms with Gasteiger partial charge in [0.1, 0.15) is 5.78 Å². The van der Waals surface area contributed by atoms with Crippen LogP contribution in [0, 0.1) is 5.92 Å². The molecule has 0 aromatic carbocycles. The van der Waals surface area contributed by atoms with Crippen LogP contribution >= 0.6 is 0 Å². The van der Waals surface area contributed by atoms with Crippen LogP contribution in [0.15, 0.2) is 12.7 Å². The van der Waals surface area contributed by atoms with Crippen molar-refractivity contribution in [1.29, 1.82) is 0 Å². The Morgan fingerprint density at radius 3 is 2.64 bits per heavy atom. The van der Waals surface area contributed by atoms with Crippen molar-refractivity contribution in [2.75, 3.05) is 19.6 Å². The third-order valence-corrected chi connectivity index (χ3v) is 3.05. The first-order chi connectivity index (χ1) is 6.74. The number of rotatable bonds is 5. The summed E-state index contributed by atoms with van der Waals surface area (Å²) in [7, 11) is 0. The Labute approximate surface area is 87.0 Å². The minimum Gasteiger partial charge on any atom is -0.303 e. The van der Waals surface area contributed by atoms with E-state index in [0.29, 0.717) is 11.7 Å². The number of allylic oxidation sites excluding steroid dienone is 1. The summed E-state index contributed by atoms with van der Waals surface area (Å²) >= 11 is 0. The molecule has 2 nitrogen and oxygen atoms in total. The molecule has 0 bridgehead atoms. The number of carbonyl (C=O) groups excluding carboxylic acids is 1. The molecule has 0 spiro atoms. The maximum absolute atomic E-state index is 11.1. The summed E-state index contributed by atoms with van der Waals surface area (Å²) in [5.41, 5.74) is 0. The molecule has 1 saturated heterocycles. The number of Topliss-reactive ketones (excluding diaryl/α,β-unsaturated/α-hetero) is 1. The zero-order valence-electron chi connectivity index (χ0n) is 9.17. The standard InChI is InChI=1S/C12H21NO/c1-3-4-5-8-13-9-6-12(7-10-13)11(2)14/h3,12H,1,4-10H2,2H3. The van der Waals surface area contributed by atoms with E-state index in [9.17, 15) is 4.79 Å². The van der Waals surface area contributed by atoms with Gasteiger partial charge in [-0.15, -0.1) is 6.58 Å². The number of nitrogens with zero attached hydrogens (tertiary/aromatic N) is 1. The number of hydrogen-bond acceptors (Lipinski definition) is 2. The van der Waals surface area contributed by atoms with Gasteiger partial charge in [0, 0.05) is 5.92 Å². The van der Waals surface area contributed by atoms with Gasteiger partial charge in [0.2, 0.25) is 0 Å². The lowest BCUT2D eigenvalue weighted by molar-refractivity contribution is -0.122. The van der Waals surface area contributed by atoms with Crippen molar-refractivity contribution in [3.8, 4) is 0 Å². The highest BCUT2D eigenvalue weighted by molar-refractivity contribution is 5.78. The third kappa shape index (κ3) is 3.62. The van der Waals surface area contributed by atoms with Crippen LogP contribution in [0.5, 0.6) is 0 Å². The molecule has 1 rings (SSSR count). The molecule has 2 heteroatoms. The molecule has 0 N–H and O–H groups in total. The molecular weight excluding hydrogens is 174 g/mol. The van der Waals surface area contributed by atoms with E-state index in [4.69, 9.17) is 0 Å². The molecule has 1 aliphatic rings. The summed E-state index contributed by atoms with van der Waals surface area (Å²) in [6.07, 6.45) is 6.40. The Kier molecular flexibility index (Phi) is 4.88. The van der Waals surface area contributed by atoms with Crippen LogP contribution in [0.4, 0.5) is 0 Å². The molecule has 1 aliphatic heterocycles. The fourth-order valence-corrected chi connectivity index (χ4v) is 2.02. The van der Waals surface area contributed by atoms with Gasteiger partial charge in [-0.1, -0.05) is 6.08 Å². The van der Waals surface area contributed by atoms with Gasteiger partial charge < -0.3 is 4.90 Å². The molecule has 0 unspecified atom stereocenters. The van der Waals surface area contributed by atoms with Gasteiger partial charge in [-0.2, -0.15) is 0 Å². The summed E-state index contributed by atoms with van der Waals surface area (Å²) in [5.74, 6) is 0.710. The number of piperidine rings is 1. The second-order valence-corrected chi connectivity index (χ2v) is 4.16. The molecule has 0 aromatic rings. The molecule has 14 heavy (non-hydrogen) atoms. The molecule has 0 aliphatic carbocycles. The average molecular weight is 195 g/mol. The Morgan fingerprint density at radius 1 is 1.50 bits per heavy atom. The van der Waals surface area contributed by atoms with E-state index in [1.807, 2.05) is 6.08 Å².